The van der Waals surface area contributed by atoms with E-state index < -0.39 is 0 Å². The van der Waals surface area contributed by atoms with Gasteiger partial charge in [0.05, 0.1) is 0 Å². The zero-order valence-corrected chi connectivity index (χ0v) is 28.3. The molecule has 11 aromatic carbocycles. The fraction of sp³-hybridized carbons (Fsp3) is 0. The molecule has 0 fully saturated rings. The minimum atomic E-state index is 1.15. The SMILES string of the molecule is c1ccc(-c2c3ccccc3c(-c3ccc4cc(-c5ccc6ccc7cccc8ccc5c6c78)ccc4c3)c3ccc(-c4ccccc4)cc23)cc#1. The van der Waals surface area contributed by atoms with Crippen LogP contribution in [0, 0.1) is 12.1 Å². The minimum Gasteiger partial charge on any atom is -0.0702 e. The molecule has 0 unspecified atom stereocenters. The highest BCUT2D eigenvalue weighted by Gasteiger charge is 2.18. The molecule has 0 nitrogen and oxygen atoms in total. The van der Waals surface area contributed by atoms with Gasteiger partial charge in [-0.15, -0.1) is 0 Å². The number of benzene rings is 10. The van der Waals surface area contributed by atoms with Crippen molar-refractivity contribution in [1.29, 1.82) is 0 Å². The molecule has 0 saturated carbocycles. The number of fused-ring (bicyclic) bond motifs is 3. The van der Waals surface area contributed by atoms with E-state index in [4.69, 9.17) is 0 Å². The van der Waals surface area contributed by atoms with Crippen LogP contribution in [0.5, 0.6) is 0 Å². The van der Waals surface area contributed by atoms with E-state index in [-0.39, 0.29) is 0 Å². The van der Waals surface area contributed by atoms with Crippen molar-refractivity contribution in [2.75, 3.05) is 0 Å². The molecule has 11 rings (SSSR count). The summed E-state index contributed by atoms with van der Waals surface area (Å²) in [5.74, 6) is 0. The van der Waals surface area contributed by atoms with Gasteiger partial charge in [-0.05, 0) is 146 Å². The smallest absolute Gasteiger partial charge is 0.00195 e. The van der Waals surface area contributed by atoms with Crippen LogP contribution >= 0.6 is 0 Å². The summed E-state index contributed by atoms with van der Waals surface area (Å²) in [6.07, 6.45) is 0. The van der Waals surface area contributed by atoms with Crippen molar-refractivity contribution < 1.29 is 0 Å². The molecular formula is C52H30. The van der Waals surface area contributed by atoms with Gasteiger partial charge in [-0.1, -0.05) is 158 Å². The highest BCUT2D eigenvalue weighted by Crippen LogP contribution is 2.46. The maximum atomic E-state index is 3.22. The Morgan fingerprint density at radius 3 is 1.65 bits per heavy atom. The van der Waals surface area contributed by atoms with Crippen LogP contribution in [0.25, 0.3) is 109 Å². The standard InChI is InChI=1S/C52H30/c1-3-10-33(11-4-1)40-26-29-47-48(32-40)50(34-12-5-2-6-13-34)44-16-7-8-17-45(44)51(47)42-23-21-38-30-41(22-20-39(38)31-42)43-27-24-37-19-18-35-14-9-15-36-25-28-46(43)52(37)49(35)36/h1,3-5,7-32H. The molecule has 238 valence electrons. The summed E-state index contributed by atoms with van der Waals surface area (Å²) in [6, 6.07) is 73.2. The summed E-state index contributed by atoms with van der Waals surface area (Å²) in [5, 5.41) is 15.3. The lowest BCUT2D eigenvalue weighted by atomic mass is 9.84. The molecular weight excluding hydrogens is 625 g/mol. The number of rotatable bonds is 4. The van der Waals surface area contributed by atoms with Crippen LogP contribution in [0.3, 0.4) is 0 Å². The van der Waals surface area contributed by atoms with Crippen LogP contribution in [0.1, 0.15) is 0 Å². The first-order valence-corrected chi connectivity index (χ1v) is 17.9. The highest BCUT2D eigenvalue weighted by molar-refractivity contribution is 6.26. The van der Waals surface area contributed by atoms with Gasteiger partial charge in [0.1, 0.15) is 0 Å². The fourth-order valence-corrected chi connectivity index (χ4v) is 8.67. The van der Waals surface area contributed by atoms with E-state index in [1.165, 1.54) is 104 Å². The van der Waals surface area contributed by atoms with E-state index in [1.807, 2.05) is 6.07 Å². The second-order valence-corrected chi connectivity index (χ2v) is 13.9. The molecule has 0 N–H and O–H groups in total. The van der Waals surface area contributed by atoms with Crippen molar-refractivity contribution in [3.63, 3.8) is 0 Å². The molecule has 0 spiro atoms. The van der Waals surface area contributed by atoms with Crippen LogP contribution < -0.4 is 0 Å². The molecule has 0 saturated heterocycles. The topological polar surface area (TPSA) is 0 Å². The molecule has 0 aliphatic heterocycles. The van der Waals surface area contributed by atoms with Gasteiger partial charge < -0.3 is 0 Å². The summed E-state index contributed by atoms with van der Waals surface area (Å²) in [7, 11) is 0. The van der Waals surface area contributed by atoms with Gasteiger partial charge in [0, 0.05) is 0 Å². The van der Waals surface area contributed by atoms with Crippen LogP contribution in [-0.4, -0.2) is 0 Å². The first-order chi connectivity index (χ1) is 25.8. The predicted molar refractivity (Wildman–Crippen MR) is 222 cm³/mol. The molecule has 0 amide bonds. The lowest BCUT2D eigenvalue weighted by Gasteiger charge is -2.19. The molecule has 0 heteroatoms. The Labute approximate surface area is 302 Å². The average Bonchev–Trinajstić information content (AvgIpc) is 3.22. The number of hydrogen-bond acceptors (Lipinski definition) is 0. The Kier molecular flexibility index (Phi) is 6.27. The first kappa shape index (κ1) is 28.9. The van der Waals surface area contributed by atoms with Crippen molar-refractivity contribution in [2.24, 2.45) is 0 Å². The summed E-state index contributed by atoms with van der Waals surface area (Å²) >= 11 is 0. The Hall–Kier alpha value is -6.94. The third kappa shape index (κ3) is 4.37. The maximum absolute atomic E-state index is 3.22. The summed E-state index contributed by atoms with van der Waals surface area (Å²) in [4.78, 5) is 0. The summed E-state index contributed by atoms with van der Waals surface area (Å²) < 4.78 is 0. The van der Waals surface area contributed by atoms with Crippen LogP contribution in [0.4, 0.5) is 0 Å². The van der Waals surface area contributed by atoms with E-state index in [0.717, 1.165) is 5.56 Å². The van der Waals surface area contributed by atoms with Crippen LogP contribution in [0.2, 0.25) is 0 Å². The van der Waals surface area contributed by atoms with E-state index in [9.17, 15) is 0 Å². The van der Waals surface area contributed by atoms with E-state index in [0.29, 0.717) is 0 Å². The minimum absolute atomic E-state index is 1.15. The molecule has 0 bridgehead atoms. The first-order valence-electron chi connectivity index (χ1n) is 17.9. The zero-order valence-electron chi connectivity index (χ0n) is 28.3. The van der Waals surface area contributed by atoms with Gasteiger partial charge >= 0.3 is 0 Å². The lowest BCUT2D eigenvalue weighted by molar-refractivity contribution is 1.63. The van der Waals surface area contributed by atoms with Crippen molar-refractivity contribution in [3.8, 4) is 44.5 Å². The van der Waals surface area contributed by atoms with Gasteiger partial charge in [-0.2, -0.15) is 0 Å². The second kappa shape index (κ2) is 11.3. The maximum Gasteiger partial charge on any atom is -0.00195 e. The molecule has 11 aromatic rings. The molecule has 0 aliphatic carbocycles. The largest absolute Gasteiger partial charge is 0.0702 e. The summed E-state index contributed by atoms with van der Waals surface area (Å²) in [5.41, 5.74) is 9.79. The Morgan fingerprint density at radius 2 is 0.885 bits per heavy atom. The van der Waals surface area contributed by atoms with Crippen molar-refractivity contribution in [3.05, 3.63) is 194 Å². The molecule has 0 aliphatic rings. The predicted octanol–water partition coefficient (Wildman–Crippen LogP) is 14.3. The van der Waals surface area contributed by atoms with E-state index in [1.54, 1.807) is 0 Å². The Bertz CT molecular complexity index is 3140. The number of hydrogen-bond donors (Lipinski definition) is 0. The summed E-state index contributed by atoms with van der Waals surface area (Å²) in [6.45, 7) is 0. The van der Waals surface area contributed by atoms with Gasteiger partial charge in [-0.25, -0.2) is 0 Å². The Balaban J connectivity index is 1.11. The van der Waals surface area contributed by atoms with Gasteiger partial charge in [0.25, 0.3) is 0 Å². The molecule has 0 atom stereocenters. The quantitative estimate of drug-likeness (QED) is 0.131. The van der Waals surface area contributed by atoms with Crippen molar-refractivity contribution >= 4 is 64.6 Å². The van der Waals surface area contributed by atoms with Gasteiger partial charge in [0.15, 0.2) is 0 Å². The zero-order chi connectivity index (χ0) is 34.2. The normalized spacial score (nSPS) is 11.7. The second-order valence-electron chi connectivity index (χ2n) is 13.9. The third-order valence-electron chi connectivity index (χ3n) is 11.0. The molecule has 0 radical (unpaired) electrons. The third-order valence-corrected chi connectivity index (χ3v) is 11.0. The highest BCUT2D eigenvalue weighted by atomic mass is 14.2. The van der Waals surface area contributed by atoms with Crippen LogP contribution in [-0.2, 0) is 0 Å². The van der Waals surface area contributed by atoms with E-state index >= 15 is 0 Å². The average molecular weight is 655 g/mol. The molecule has 52 heavy (non-hydrogen) atoms. The van der Waals surface area contributed by atoms with E-state index in [2.05, 4.69) is 188 Å². The lowest BCUT2D eigenvalue weighted by Crippen LogP contribution is -1.92. The van der Waals surface area contributed by atoms with Gasteiger partial charge in [0.2, 0.25) is 0 Å². The fourth-order valence-electron chi connectivity index (χ4n) is 8.67. The van der Waals surface area contributed by atoms with Crippen LogP contribution in [0.15, 0.2) is 182 Å². The van der Waals surface area contributed by atoms with Crippen molar-refractivity contribution in [2.45, 2.75) is 0 Å². The monoisotopic (exact) mass is 654 g/mol. The van der Waals surface area contributed by atoms with Gasteiger partial charge in [-0.3, -0.25) is 0 Å². The van der Waals surface area contributed by atoms with Crippen molar-refractivity contribution in [1.82, 2.24) is 0 Å². The molecule has 0 heterocycles. The molecule has 0 aromatic heterocycles. The Morgan fingerprint density at radius 1 is 0.288 bits per heavy atom.